The van der Waals surface area contributed by atoms with E-state index in [-0.39, 0.29) is 10.4 Å². The summed E-state index contributed by atoms with van der Waals surface area (Å²) in [6.07, 6.45) is 0. The number of hydrogen-bond acceptors (Lipinski definition) is 2. The maximum atomic E-state index is 13.0. The molecule has 0 aliphatic rings. The minimum Gasteiger partial charge on any atom is -0.310 e. The maximum Gasteiger partial charge on any atom is 0.305 e. The van der Waals surface area contributed by atoms with Gasteiger partial charge in [-0.25, -0.2) is 4.39 Å². The molecule has 0 unspecified atom stereocenters. The van der Waals surface area contributed by atoms with E-state index in [4.69, 9.17) is 11.6 Å². The lowest BCUT2D eigenvalue weighted by Crippen LogP contribution is -1.90. The van der Waals surface area contributed by atoms with Gasteiger partial charge in [-0.3, -0.25) is 4.79 Å². The summed E-state index contributed by atoms with van der Waals surface area (Å²) in [4.78, 5) is 12.9. The van der Waals surface area contributed by atoms with Gasteiger partial charge >= 0.3 is 4.87 Å². The molecule has 0 atom stereocenters. The van der Waals surface area contributed by atoms with E-state index in [1.54, 1.807) is 6.07 Å². The van der Waals surface area contributed by atoms with Crippen molar-refractivity contribution in [1.29, 1.82) is 0 Å². The van der Waals surface area contributed by atoms with Crippen LogP contribution in [0.15, 0.2) is 16.9 Å². The van der Waals surface area contributed by atoms with Gasteiger partial charge < -0.3 is 4.98 Å². The Labute approximate surface area is 75.6 Å². The Morgan fingerprint density at radius 2 is 2.25 bits per heavy atom. The van der Waals surface area contributed by atoms with E-state index in [1.807, 2.05) is 0 Å². The summed E-state index contributed by atoms with van der Waals surface area (Å²) in [5.41, 5.74) is 0.231. The van der Waals surface area contributed by atoms with Crippen molar-refractivity contribution in [1.82, 2.24) is 4.98 Å². The lowest BCUT2D eigenvalue weighted by Gasteiger charge is -1.91. The van der Waals surface area contributed by atoms with Crippen LogP contribution < -0.4 is 4.87 Å². The van der Waals surface area contributed by atoms with Crippen LogP contribution in [0.5, 0.6) is 0 Å². The highest BCUT2D eigenvalue weighted by Crippen LogP contribution is 2.22. The fourth-order valence-electron chi connectivity index (χ4n) is 0.979. The predicted molar refractivity (Wildman–Crippen MR) is 47.4 cm³/mol. The van der Waals surface area contributed by atoms with Gasteiger partial charge in [-0.05, 0) is 12.1 Å². The number of benzene rings is 1. The molecule has 62 valence electrons. The smallest absolute Gasteiger partial charge is 0.305 e. The quantitative estimate of drug-likeness (QED) is 0.701. The molecule has 0 bridgehead atoms. The highest BCUT2D eigenvalue weighted by atomic mass is 35.5. The summed E-state index contributed by atoms with van der Waals surface area (Å²) in [6.45, 7) is 0. The molecule has 12 heavy (non-hydrogen) atoms. The third-order valence-corrected chi connectivity index (χ3v) is 2.50. The lowest BCUT2D eigenvalue weighted by atomic mass is 10.3. The first-order valence-electron chi connectivity index (χ1n) is 3.15. The van der Waals surface area contributed by atoms with Crippen molar-refractivity contribution in [2.24, 2.45) is 0 Å². The van der Waals surface area contributed by atoms with Crippen LogP contribution in [0.2, 0.25) is 5.02 Å². The molecule has 0 spiro atoms. The molecule has 1 heterocycles. The Bertz CT molecular complexity index is 490. The van der Waals surface area contributed by atoms with Gasteiger partial charge in [0.25, 0.3) is 0 Å². The van der Waals surface area contributed by atoms with Crippen LogP contribution in [0.1, 0.15) is 0 Å². The van der Waals surface area contributed by atoms with Gasteiger partial charge in [-0.1, -0.05) is 22.9 Å². The molecule has 0 radical (unpaired) electrons. The largest absolute Gasteiger partial charge is 0.310 e. The Morgan fingerprint density at radius 3 is 3.00 bits per heavy atom. The number of aromatic amines is 1. The van der Waals surface area contributed by atoms with Crippen LogP contribution in [-0.4, -0.2) is 4.98 Å². The SMILES string of the molecule is O=c1[nH]c2c(F)cc(Cl)cc2s1. The molecule has 0 aliphatic carbocycles. The Morgan fingerprint density at radius 1 is 1.50 bits per heavy atom. The van der Waals surface area contributed by atoms with Crippen molar-refractivity contribution in [3.05, 3.63) is 32.6 Å². The summed E-state index contributed by atoms with van der Waals surface area (Å²) < 4.78 is 13.6. The van der Waals surface area contributed by atoms with Crippen LogP contribution in [0.4, 0.5) is 4.39 Å². The molecule has 0 amide bonds. The van der Waals surface area contributed by atoms with E-state index in [9.17, 15) is 9.18 Å². The number of nitrogens with one attached hydrogen (secondary N) is 1. The summed E-state index contributed by atoms with van der Waals surface area (Å²) >= 11 is 6.53. The molecule has 0 saturated heterocycles. The zero-order valence-corrected chi connectivity index (χ0v) is 7.30. The average molecular weight is 204 g/mol. The summed E-state index contributed by atoms with van der Waals surface area (Å²) in [6, 6.07) is 2.73. The zero-order chi connectivity index (χ0) is 8.72. The van der Waals surface area contributed by atoms with E-state index in [1.165, 1.54) is 6.07 Å². The van der Waals surface area contributed by atoms with E-state index < -0.39 is 5.82 Å². The van der Waals surface area contributed by atoms with Crippen LogP contribution in [0.3, 0.4) is 0 Å². The molecule has 0 saturated carbocycles. The second-order valence-corrected chi connectivity index (χ2v) is 3.73. The summed E-state index contributed by atoms with van der Waals surface area (Å²) in [5, 5.41) is 0.301. The fraction of sp³-hybridized carbons (Fsp3) is 0. The molecule has 2 aromatic rings. The number of hydrogen-bond donors (Lipinski definition) is 1. The minimum atomic E-state index is -0.490. The van der Waals surface area contributed by atoms with Crippen LogP contribution in [-0.2, 0) is 0 Å². The number of H-pyrrole nitrogens is 1. The molecular weight excluding hydrogens is 201 g/mol. The molecule has 0 fully saturated rings. The Hall–Kier alpha value is -0.870. The second-order valence-electron chi connectivity index (χ2n) is 2.28. The average Bonchev–Trinajstić information content (AvgIpc) is 2.29. The van der Waals surface area contributed by atoms with Gasteiger partial charge in [0.05, 0.1) is 10.2 Å². The zero-order valence-electron chi connectivity index (χ0n) is 5.73. The van der Waals surface area contributed by atoms with Crippen LogP contribution >= 0.6 is 22.9 Å². The van der Waals surface area contributed by atoms with E-state index in [2.05, 4.69) is 4.98 Å². The molecule has 1 N–H and O–H groups in total. The number of thiazole rings is 1. The summed E-state index contributed by atoms with van der Waals surface area (Å²) in [5.74, 6) is -0.490. The van der Waals surface area contributed by atoms with E-state index >= 15 is 0 Å². The van der Waals surface area contributed by atoms with Crippen molar-refractivity contribution in [3.8, 4) is 0 Å². The van der Waals surface area contributed by atoms with Crippen LogP contribution in [0, 0.1) is 5.82 Å². The number of halogens is 2. The van der Waals surface area contributed by atoms with Gasteiger partial charge in [0.2, 0.25) is 0 Å². The molecular formula is C7H3ClFNOS. The standard InChI is InChI=1S/C7H3ClFNOS/c8-3-1-4(9)6-5(2-3)12-7(11)10-6/h1-2H,(H,10,11). The highest BCUT2D eigenvalue weighted by molar-refractivity contribution is 7.16. The van der Waals surface area contributed by atoms with Gasteiger partial charge in [0.15, 0.2) is 0 Å². The maximum absolute atomic E-state index is 13.0. The molecule has 2 nitrogen and oxygen atoms in total. The molecule has 1 aromatic heterocycles. The molecule has 1 aromatic carbocycles. The van der Waals surface area contributed by atoms with Crippen molar-refractivity contribution >= 4 is 33.2 Å². The fourth-order valence-corrected chi connectivity index (χ4v) is 2.04. The normalized spacial score (nSPS) is 10.8. The minimum absolute atomic E-state index is 0.231. The van der Waals surface area contributed by atoms with E-state index in [0.717, 1.165) is 11.3 Å². The van der Waals surface area contributed by atoms with E-state index in [0.29, 0.717) is 9.72 Å². The van der Waals surface area contributed by atoms with Crippen molar-refractivity contribution in [3.63, 3.8) is 0 Å². The highest BCUT2D eigenvalue weighted by Gasteiger charge is 2.05. The summed E-state index contributed by atoms with van der Waals surface area (Å²) in [7, 11) is 0. The second kappa shape index (κ2) is 2.57. The number of rotatable bonds is 0. The number of fused-ring (bicyclic) bond motifs is 1. The van der Waals surface area contributed by atoms with Gasteiger partial charge in [0, 0.05) is 5.02 Å². The lowest BCUT2D eigenvalue weighted by molar-refractivity contribution is 0.637. The number of aromatic nitrogens is 1. The third kappa shape index (κ3) is 1.13. The first-order valence-corrected chi connectivity index (χ1v) is 4.34. The molecule has 2 rings (SSSR count). The molecule has 5 heteroatoms. The van der Waals surface area contributed by atoms with Crippen molar-refractivity contribution < 1.29 is 4.39 Å². The topological polar surface area (TPSA) is 32.9 Å². The van der Waals surface area contributed by atoms with Gasteiger partial charge in [-0.15, -0.1) is 0 Å². The van der Waals surface area contributed by atoms with Gasteiger partial charge in [0.1, 0.15) is 5.82 Å². The van der Waals surface area contributed by atoms with Crippen LogP contribution in [0.25, 0.3) is 10.2 Å². The Kier molecular flexibility index (Phi) is 1.66. The van der Waals surface area contributed by atoms with Crippen molar-refractivity contribution in [2.75, 3.05) is 0 Å². The monoisotopic (exact) mass is 203 g/mol. The first-order chi connectivity index (χ1) is 5.66. The Balaban J connectivity index is 2.97. The first kappa shape index (κ1) is 7.76. The third-order valence-electron chi connectivity index (χ3n) is 1.45. The van der Waals surface area contributed by atoms with Crippen molar-refractivity contribution in [2.45, 2.75) is 0 Å². The molecule has 0 aliphatic heterocycles. The van der Waals surface area contributed by atoms with Gasteiger partial charge in [-0.2, -0.15) is 0 Å². The predicted octanol–water partition coefficient (Wildman–Crippen LogP) is 2.38.